The molecule has 2 aromatic heterocycles. The van der Waals surface area contributed by atoms with E-state index in [0.717, 1.165) is 50.0 Å². The second kappa shape index (κ2) is 9.84. The van der Waals surface area contributed by atoms with Gasteiger partial charge in [0, 0.05) is 49.4 Å². The molecule has 3 fully saturated rings. The summed E-state index contributed by atoms with van der Waals surface area (Å²) in [5, 5.41) is 2.79. The third-order valence-electron chi connectivity index (χ3n) is 7.45. The van der Waals surface area contributed by atoms with Crippen LogP contribution in [0.4, 0.5) is 10.1 Å². The fourth-order valence-electron chi connectivity index (χ4n) is 5.30. The van der Waals surface area contributed by atoms with Crippen LogP contribution < -0.4 is 15.8 Å². The minimum Gasteiger partial charge on any atom is -0.377 e. The Balaban J connectivity index is 1.15. The number of ether oxygens (including phenoxy) is 1. The number of hydrogen-bond donors (Lipinski definition) is 2. The molecule has 2 saturated heterocycles. The monoisotopic (exact) mass is 469 g/mol. The fraction of sp³-hybridized carbons (Fsp3) is 0.560. The van der Waals surface area contributed by atoms with Crippen LogP contribution in [0.1, 0.15) is 53.8 Å². The lowest BCUT2D eigenvalue weighted by Crippen LogP contribution is -2.50. The number of rotatable bonds is 6. The van der Waals surface area contributed by atoms with Crippen molar-refractivity contribution in [2.75, 3.05) is 44.3 Å². The van der Waals surface area contributed by atoms with Crippen LogP contribution in [-0.2, 0) is 11.2 Å². The molecule has 2 aromatic rings. The van der Waals surface area contributed by atoms with Crippen molar-refractivity contribution in [3.63, 3.8) is 0 Å². The zero-order valence-corrected chi connectivity index (χ0v) is 19.6. The second-order valence-corrected chi connectivity index (χ2v) is 9.52. The van der Waals surface area contributed by atoms with Crippen molar-refractivity contribution in [3.8, 4) is 0 Å². The molecule has 2 aliphatic heterocycles. The van der Waals surface area contributed by atoms with Crippen molar-refractivity contribution in [1.82, 2.24) is 20.2 Å². The standard InChI is InChI=1S/C25H32FN5O3/c1-2-16-4-6-20(29-24(16)32)17-3-5-19(13-17)30-9-11-31(12-10-30)22-8-7-21(28-23(22)26)25(33)27-18-14-34-15-18/h4,6-8,17-19H,2-3,5,9-15H2,1H3,(H,27,33)(H,29,32). The number of carbonyl (C=O) groups is 1. The van der Waals surface area contributed by atoms with Gasteiger partial charge in [-0.15, -0.1) is 0 Å². The van der Waals surface area contributed by atoms with Gasteiger partial charge in [-0.25, -0.2) is 4.98 Å². The first kappa shape index (κ1) is 23.0. The summed E-state index contributed by atoms with van der Waals surface area (Å²) in [7, 11) is 0. The van der Waals surface area contributed by atoms with Crippen LogP contribution in [0.25, 0.3) is 0 Å². The molecule has 0 aromatic carbocycles. The average Bonchev–Trinajstić information content (AvgIpc) is 3.32. The molecule has 2 N–H and O–H groups in total. The van der Waals surface area contributed by atoms with E-state index in [1.807, 2.05) is 17.9 Å². The van der Waals surface area contributed by atoms with Gasteiger partial charge in [-0.1, -0.05) is 13.0 Å². The van der Waals surface area contributed by atoms with Gasteiger partial charge in [0.15, 0.2) is 0 Å². The summed E-state index contributed by atoms with van der Waals surface area (Å²) in [4.78, 5) is 35.9. The topological polar surface area (TPSA) is 90.6 Å². The molecule has 4 heterocycles. The van der Waals surface area contributed by atoms with Gasteiger partial charge in [0.1, 0.15) is 5.69 Å². The molecule has 9 heteroatoms. The SMILES string of the molecule is CCc1ccc(C2CCC(N3CCN(c4ccc(C(=O)NC5COC5)nc4F)CC3)C2)[nH]c1=O. The van der Waals surface area contributed by atoms with E-state index in [1.165, 1.54) is 0 Å². The predicted octanol–water partition coefficient (Wildman–Crippen LogP) is 2.06. The lowest BCUT2D eigenvalue weighted by atomic mass is 10.0. The highest BCUT2D eigenvalue weighted by Gasteiger charge is 2.33. The second-order valence-electron chi connectivity index (χ2n) is 9.52. The smallest absolute Gasteiger partial charge is 0.270 e. The number of aromatic amines is 1. The van der Waals surface area contributed by atoms with Crippen LogP contribution in [0.5, 0.6) is 0 Å². The molecular weight excluding hydrogens is 437 g/mol. The van der Waals surface area contributed by atoms with Crippen molar-refractivity contribution in [2.24, 2.45) is 0 Å². The third-order valence-corrected chi connectivity index (χ3v) is 7.45. The van der Waals surface area contributed by atoms with Crippen LogP contribution in [0.15, 0.2) is 29.1 Å². The third kappa shape index (κ3) is 4.72. The molecule has 0 spiro atoms. The summed E-state index contributed by atoms with van der Waals surface area (Å²) in [6.07, 6.45) is 3.96. The number of nitrogens with zero attached hydrogens (tertiary/aromatic N) is 3. The highest BCUT2D eigenvalue weighted by atomic mass is 19.1. The van der Waals surface area contributed by atoms with Crippen LogP contribution in [0.3, 0.4) is 0 Å². The van der Waals surface area contributed by atoms with Gasteiger partial charge in [-0.05, 0) is 43.9 Å². The Morgan fingerprint density at radius 2 is 1.97 bits per heavy atom. The summed E-state index contributed by atoms with van der Waals surface area (Å²) in [6, 6.07) is 7.74. The minimum absolute atomic E-state index is 0.0174. The Labute approximate surface area is 198 Å². The van der Waals surface area contributed by atoms with Crippen molar-refractivity contribution < 1.29 is 13.9 Å². The van der Waals surface area contributed by atoms with Gasteiger partial charge in [0.05, 0.1) is 24.9 Å². The van der Waals surface area contributed by atoms with E-state index in [-0.39, 0.29) is 23.2 Å². The van der Waals surface area contributed by atoms with E-state index in [1.54, 1.807) is 12.1 Å². The fourth-order valence-corrected chi connectivity index (χ4v) is 5.30. The Kier molecular flexibility index (Phi) is 6.65. The number of H-pyrrole nitrogens is 1. The van der Waals surface area contributed by atoms with E-state index in [2.05, 4.69) is 26.3 Å². The van der Waals surface area contributed by atoms with E-state index >= 15 is 0 Å². The summed E-state index contributed by atoms with van der Waals surface area (Å²) in [5.74, 6) is -0.593. The number of aromatic nitrogens is 2. The lowest BCUT2D eigenvalue weighted by molar-refractivity contribution is -0.00356. The Hall–Kier alpha value is -2.78. The zero-order valence-electron chi connectivity index (χ0n) is 19.6. The number of anilines is 1. The average molecular weight is 470 g/mol. The first-order chi connectivity index (χ1) is 16.5. The highest BCUT2D eigenvalue weighted by molar-refractivity contribution is 5.92. The number of halogens is 1. The molecule has 3 aliphatic rings. The number of pyridine rings is 2. The number of carbonyl (C=O) groups excluding carboxylic acids is 1. The van der Waals surface area contributed by atoms with Crippen LogP contribution in [0, 0.1) is 5.95 Å². The van der Waals surface area contributed by atoms with Crippen molar-refractivity contribution in [3.05, 3.63) is 57.5 Å². The molecule has 2 unspecified atom stereocenters. The molecule has 5 rings (SSSR count). The Bertz CT molecular complexity index is 1090. The molecule has 0 bridgehead atoms. The molecule has 1 amide bonds. The highest BCUT2D eigenvalue weighted by Crippen LogP contribution is 2.36. The number of hydrogen-bond acceptors (Lipinski definition) is 6. The van der Waals surface area contributed by atoms with Crippen molar-refractivity contribution in [2.45, 2.75) is 50.6 Å². The number of piperazine rings is 1. The maximum absolute atomic E-state index is 14.8. The summed E-state index contributed by atoms with van der Waals surface area (Å²) >= 11 is 0. The van der Waals surface area contributed by atoms with Crippen molar-refractivity contribution in [1.29, 1.82) is 0 Å². The van der Waals surface area contributed by atoms with Crippen molar-refractivity contribution >= 4 is 11.6 Å². The molecule has 2 atom stereocenters. The number of aryl methyl sites for hydroxylation is 1. The summed E-state index contributed by atoms with van der Waals surface area (Å²) in [6.45, 7) is 6.11. The molecule has 182 valence electrons. The van der Waals surface area contributed by atoms with E-state index in [4.69, 9.17) is 4.74 Å². The Morgan fingerprint density at radius 1 is 1.18 bits per heavy atom. The van der Waals surface area contributed by atoms with E-state index in [0.29, 0.717) is 44.0 Å². The molecule has 1 aliphatic carbocycles. The molecule has 8 nitrogen and oxygen atoms in total. The largest absolute Gasteiger partial charge is 0.377 e. The maximum Gasteiger partial charge on any atom is 0.270 e. The van der Waals surface area contributed by atoms with Gasteiger partial charge < -0.3 is 19.9 Å². The van der Waals surface area contributed by atoms with Crippen LogP contribution >= 0.6 is 0 Å². The minimum atomic E-state index is -0.605. The lowest BCUT2D eigenvalue weighted by Gasteiger charge is -2.39. The van der Waals surface area contributed by atoms with Gasteiger partial charge in [-0.3, -0.25) is 14.5 Å². The molecule has 0 radical (unpaired) electrons. The van der Waals surface area contributed by atoms with Gasteiger partial charge in [-0.2, -0.15) is 4.39 Å². The first-order valence-electron chi connectivity index (χ1n) is 12.3. The van der Waals surface area contributed by atoms with Gasteiger partial charge in [0.2, 0.25) is 5.95 Å². The van der Waals surface area contributed by atoms with Gasteiger partial charge in [0.25, 0.3) is 11.5 Å². The summed E-state index contributed by atoms with van der Waals surface area (Å²) < 4.78 is 19.8. The maximum atomic E-state index is 14.8. The molecule has 34 heavy (non-hydrogen) atoms. The predicted molar refractivity (Wildman–Crippen MR) is 127 cm³/mol. The number of nitrogens with one attached hydrogen (secondary N) is 2. The van der Waals surface area contributed by atoms with Gasteiger partial charge >= 0.3 is 0 Å². The van der Waals surface area contributed by atoms with Crippen LogP contribution in [-0.4, -0.2) is 72.3 Å². The summed E-state index contributed by atoms with van der Waals surface area (Å²) in [5.41, 5.74) is 2.45. The first-order valence-corrected chi connectivity index (χ1v) is 12.3. The zero-order chi connectivity index (χ0) is 23.7. The van der Waals surface area contributed by atoms with Crippen LogP contribution in [0.2, 0.25) is 0 Å². The van der Waals surface area contributed by atoms with E-state index < -0.39 is 5.95 Å². The quantitative estimate of drug-likeness (QED) is 0.630. The molecular formula is C25H32FN5O3. The normalized spacial score (nSPS) is 23.6. The van der Waals surface area contributed by atoms with E-state index in [9.17, 15) is 14.0 Å². The molecule has 1 saturated carbocycles. The number of amides is 1. The Morgan fingerprint density at radius 3 is 2.62 bits per heavy atom.